The van der Waals surface area contributed by atoms with Gasteiger partial charge in [0.2, 0.25) is 5.60 Å². The normalized spacial score (nSPS) is 17.0. The van der Waals surface area contributed by atoms with Crippen LogP contribution in [0.4, 0.5) is 14.7 Å². The number of oxime groups is 1. The maximum atomic E-state index is 13.8. The molecule has 2 atom stereocenters. The molecule has 0 bridgehead atoms. The van der Waals surface area contributed by atoms with Crippen molar-refractivity contribution in [3.63, 3.8) is 0 Å². The molecule has 4 amide bonds. The van der Waals surface area contributed by atoms with Crippen LogP contribution in [0.15, 0.2) is 10.5 Å². The number of β-lactam (4-membered cyclic amide) rings is 1. The van der Waals surface area contributed by atoms with Crippen LogP contribution in [-0.2, 0) is 56.8 Å². The molecule has 0 aliphatic carbocycles. The van der Waals surface area contributed by atoms with Crippen LogP contribution in [0.2, 0.25) is 0 Å². The quantitative estimate of drug-likeness (QED) is 0.0592. The molecule has 1 aliphatic rings. The van der Waals surface area contributed by atoms with E-state index in [9.17, 15) is 36.9 Å². The summed E-state index contributed by atoms with van der Waals surface area (Å²) in [5, 5.41) is 24.0. The van der Waals surface area contributed by atoms with Crippen LogP contribution in [0.5, 0.6) is 0 Å². The predicted molar refractivity (Wildman–Crippen MR) is 185 cm³/mol. The highest BCUT2D eigenvalue weighted by molar-refractivity contribution is 7.84. The van der Waals surface area contributed by atoms with Crippen LogP contribution in [0, 0.1) is 0 Å². The number of carbonyl (C=O) groups excluding carboxylic acids is 5. The number of nitrogens with zero attached hydrogens (tertiary/aromatic N) is 7. The first-order chi connectivity index (χ1) is 24.0. The van der Waals surface area contributed by atoms with Gasteiger partial charge in [0.25, 0.3) is 11.8 Å². The van der Waals surface area contributed by atoms with Crippen molar-refractivity contribution in [3.8, 4) is 0 Å². The number of tetrazole rings is 1. The van der Waals surface area contributed by atoms with E-state index in [4.69, 9.17) is 19.0 Å². The Morgan fingerprint density at radius 1 is 0.943 bits per heavy atom. The van der Waals surface area contributed by atoms with Crippen molar-refractivity contribution in [2.24, 2.45) is 5.16 Å². The SMILES string of the molecule is CC(C)(C)OC(=O)NCc1nnn(C[C@@H]2[C@H](NC(=O)/C(=N\OC(C)(C)C(=O)OC(C)(C)C)c3csc(NC(=O)OC(C)(C)C)n3)C(=O)N2S(=O)(=O)O)n1. The molecule has 0 spiro atoms. The summed E-state index contributed by atoms with van der Waals surface area (Å²) in [7, 11) is -5.13. The summed E-state index contributed by atoms with van der Waals surface area (Å²) in [6, 6.07) is -3.09. The number of anilines is 1. The number of rotatable bonds is 12. The van der Waals surface area contributed by atoms with E-state index in [1.807, 2.05) is 0 Å². The summed E-state index contributed by atoms with van der Waals surface area (Å²) in [6.07, 6.45) is -1.61. The molecule has 4 N–H and O–H groups in total. The minimum Gasteiger partial charge on any atom is -0.457 e. The van der Waals surface area contributed by atoms with E-state index < -0.39 is 87.0 Å². The minimum absolute atomic E-state index is 0.0148. The maximum Gasteiger partial charge on any atom is 0.413 e. The molecule has 0 unspecified atom stereocenters. The van der Waals surface area contributed by atoms with E-state index >= 15 is 0 Å². The highest BCUT2D eigenvalue weighted by atomic mass is 32.2. The zero-order valence-electron chi connectivity index (χ0n) is 31.0. The molecule has 294 valence electrons. The van der Waals surface area contributed by atoms with Crippen molar-refractivity contribution >= 4 is 62.5 Å². The highest BCUT2D eigenvalue weighted by Gasteiger charge is 2.55. The molecule has 3 heterocycles. The van der Waals surface area contributed by atoms with E-state index in [2.05, 4.69) is 41.5 Å². The summed E-state index contributed by atoms with van der Waals surface area (Å²) >= 11 is 0.873. The van der Waals surface area contributed by atoms with E-state index in [0.29, 0.717) is 0 Å². The fourth-order valence-electron chi connectivity index (χ4n) is 4.04. The largest absolute Gasteiger partial charge is 0.457 e. The number of alkyl carbamates (subject to hydrolysis) is 1. The Labute approximate surface area is 309 Å². The Balaban J connectivity index is 1.89. The standard InChI is InChI=1S/C29H44N10O12S2/c1-26(2,3)48-22(42)29(10,11)51-36-18(15-14-52-23(31-15)33-25(44)50-28(7,8)9)20(40)32-19-16(39(21(19)41)53(45,46)47)13-38-35-17(34-37-38)12-30-24(43)49-27(4,5)6/h14,16,19H,12-13H2,1-11H3,(H,30,43)(H,32,40)(H,31,33,44)(H,45,46,47)/b36-18-/t16-,19+/m1/s1. The average molecular weight is 789 g/mol. The molecule has 3 rings (SSSR count). The third-order valence-corrected chi connectivity index (χ3v) is 7.87. The highest BCUT2D eigenvalue weighted by Crippen LogP contribution is 2.26. The lowest BCUT2D eigenvalue weighted by atomic mass is 9.98. The zero-order valence-corrected chi connectivity index (χ0v) is 32.7. The van der Waals surface area contributed by atoms with E-state index in [1.165, 1.54) is 19.2 Å². The van der Waals surface area contributed by atoms with Gasteiger partial charge in [0, 0.05) is 5.38 Å². The summed E-state index contributed by atoms with van der Waals surface area (Å²) in [5.74, 6) is -3.21. The number of carbonyl (C=O) groups is 5. The Morgan fingerprint density at radius 3 is 2.09 bits per heavy atom. The summed E-state index contributed by atoms with van der Waals surface area (Å²) in [5.41, 5.74) is -5.03. The lowest BCUT2D eigenvalue weighted by Gasteiger charge is -2.43. The van der Waals surface area contributed by atoms with Crippen LogP contribution in [0.1, 0.15) is 87.7 Å². The van der Waals surface area contributed by atoms with Crippen molar-refractivity contribution in [2.45, 2.75) is 124 Å². The van der Waals surface area contributed by atoms with E-state index in [0.717, 1.165) is 16.1 Å². The van der Waals surface area contributed by atoms with Gasteiger partial charge in [0.05, 0.1) is 13.1 Å². The maximum absolute atomic E-state index is 13.8. The van der Waals surface area contributed by atoms with Gasteiger partial charge in [0.15, 0.2) is 16.7 Å². The third-order valence-electron chi connectivity index (χ3n) is 6.16. The number of amides is 4. The van der Waals surface area contributed by atoms with Gasteiger partial charge in [-0.3, -0.25) is 19.5 Å². The molecule has 24 heteroatoms. The molecule has 53 heavy (non-hydrogen) atoms. The number of esters is 1. The van der Waals surface area contributed by atoms with Crippen molar-refractivity contribution in [1.29, 1.82) is 0 Å². The second-order valence-electron chi connectivity index (χ2n) is 15.0. The first-order valence-electron chi connectivity index (χ1n) is 15.9. The molecule has 0 radical (unpaired) electrons. The fourth-order valence-corrected chi connectivity index (χ4v) is 5.59. The number of nitrogens with one attached hydrogen (secondary N) is 3. The third kappa shape index (κ3) is 12.6. The molecule has 2 aromatic heterocycles. The van der Waals surface area contributed by atoms with Gasteiger partial charge in [-0.15, -0.1) is 21.5 Å². The smallest absolute Gasteiger partial charge is 0.413 e. The lowest BCUT2D eigenvalue weighted by molar-refractivity contribution is -0.179. The van der Waals surface area contributed by atoms with E-state index in [1.54, 1.807) is 62.3 Å². The molecule has 1 fully saturated rings. The number of ether oxygens (including phenoxy) is 3. The van der Waals surface area contributed by atoms with Crippen molar-refractivity contribution in [2.75, 3.05) is 5.32 Å². The molecular formula is C29H44N10O12S2. The first kappa shape index (κ1) is 42.4. The Kier molecular flexibility index (Phi) is 12.5. The second kappa shape index (κ2) is 15.6. The fraction of sp³-hybridized carbons (Fsp3) is 0.655. The number of hydrogen-bond donors (Lipinski definition) is 4. The molecule has 1 saturated heterocycles. The van der Waals surface area contributed by atoms with Gasteiger partial charge < -0.3 is 29.7 Å². The Morgan fingerprint density at radius 2 is 1.53 bits per heavy atom. The summed E-state index contributed by atoms with van der Waals surface area (Å²) in [6.45, 7) is 16.8. The van der Waals surface area contributed by atoms with Gasteiger partial charge >= 0.3 is 28.5 Å². The first-order valence-corrected chi connectivity index (χ1v) is 18.1. The van der Waals surface area contributed by atoms with Gasteiger partial charge in [-0.2, -0.15) is 13.2 Å². The molecule has 1 aliphatic heterocycles. The van der Waals surface area contributed by atoms with Gasteiger partial charge in [-0.1, -0.05) is 5.16 Å². The topological polar surface area (TPSA) is 285 Å². The van der Waals surface area contributed by atoms with Crippen LogP contribution < -0.4 is 16.0 Å². The Bertz CT molecular complexity index is 1850. The zero-order chi connectivity index (χ0) is 40.3. The predicted octanol–water partition coefficient (Wildman–Crippen LogP) is 1.54. The van der Waals surface area contributed by atoms with Gasteiger partial charge in [-0.05, 0) is 81.4 Å². The van der Waals surface area contributed by atoms with Crippen LogP contribution in [0.3, 0.4) is 0 Å². The van der Waals surface area contributed by atoms with E-state index in [-0.39, 0.29) is 27.5 Å². The monoisotopic (exact) mass is 788 g/mol. The van der Waals surface area contributed by atoms with Crippen LogP contribution in [0.25, 0.3) is 0 Å². The van der Waals surface area contributed by atoms with Gasteiger partial charge in [0.1, 0.15) is 34.6 Å². The number of aromatic nitrogens is 5. The van der Waals surface area contributed by atoms with Crippen LogP contribution in [-0.4, -0.2) is 113 Å². The number of thiazole rings is 1. The minimum atomic E-state index is -5.13. The van der Waals surface area contributed by atoms with Crippen molar-refractivity contribution in [1.82, 2.24) is 40.1 Å². The second-order valence-corrected chi connectivity index (χ2v) is 17.1. The molecule has 2 aromatic rings. The van der Waals surface area contributed by atoms with Crippen molar-refractivity contribution in [3.05, 3.63) is 16.9 Å². The molecule has 0 saturated carbocycles. The molecular weight excluding hydrogens is 745 g/mol. The summed E-state index contributed by atoms with van der Waals surface area (Å²) in [4.78, 5) is 74.5. The molecule has 0 aromatic carbocycles. The lowest BCUT2D eigenvalue weighted by Crippen LogP contribution is -2.73. The Hall–Kier alpha value is -4.97. The molecule has 22 nitrogen and oxygen atoms in total. The van der Waals surface area contributed by atoms with Crippen LogP contribution >= 0.6 is 11.3 Å². The number of hydrogen-bond acceptors (Lipinski definition) is 17. The van der Waals surface area contributed by atoms with Gasteiger partial charge in [-0.25, -0.2) is 23.7 Å². The average Bonchev–Trinajstić information content (AvgIpc) is 3.60. The summed E-state index contributed by atoms with van der Waals surface area (Å²) < 4.78 is 49.9. The van der Waals surface area contributed by atoms with Crippen molar-refractivity contribution < 1.29 is 56.0 Å².